The van der Waals surface area contributed by atoms with Crippen LogP contribution in [0.15, 0.2) is 485 Å². The van der Waals surface area contributed by atoms with Gasteiger partial charge in [0.25, 0.3) is 0 Å². The summed E-state index contributed by atoms with van der Waals surface area (Å²) in [5.74, 6) is 0. The topological polar surface area (TPSA) is 39.4 Å². The van der Waals surface area contributed by atoms with Crippen molar-refractivity contribution in [3.8, 4) is 77.9 Å². The van der Waals surface area contributed by atoms with Crippen LogP contribution in [0.2, 0.25) is 0 Å². The second kappa shape index (κ2) is 30.6. The van der Waals surface area contributed by atoms with Crippen LogP contribution in [0.4, 0.5) is 0 Å². The summed E-state index contributed by atoms with van der Waals surface area (Å²) in [7, 11) is 0. The predicted octanol–water partition coefficient (Wildman–Crippen LogP) is 37.4. The van der Waals surface area contributed by atoms with Crippen molar-refractivity contribution in [3.05, 3.63) is 472 Å². The lowest BCUT2D eigenvalue weighted by Gasteiger charge is -2.21. The number of fused-ring (bicyclic) bond motifs is 25. The quantitative estimate of drug-likeness (QED) is 0.149. The van der Waals surface area contributed by atoms with Crippen LogP contribution in [-0.2, 0) is 0 Å². The molecule has 0 aliphatic carbocycles. The van der Waals surface area contributed by atoms with Gasteiger partial charge in [0.15, 0.2) is 0 Å². The molecule has 0 aliphatic heterocycles. The largest absolute Gasteiger partial charge is 0.456 e. The van der Waals surface area contributed by atoms with E-state index in [0.29, 0.717) is 66.8 Å². The molecule has 0 radical (unpaired) electrons. The first kappa shape index (κ1) is 43.1. The van der Waals surface area contributed by atoms with Gasteiger partial charge in [0.05, 0.1) is 63.1 Å². The van der Waals surface area contributed by atoms with E-state index in [1.54, 1.807) is 12.1 Å². The molecule has 133 heavy (non-hydrogen) atoms. The summed E-state index contributed by atoms with van der Waals surface area (Å²) in [4.78, 5) is 0. The second-order valence-corrected chi connectivity index (χ2v) is 31.8. The summed E-state index contributed by atoms with van der Waals surface area (Å²) in [6.07, 6.45) is 0. The molecule has 0 atom stereocenters. The zero-order valence-corrected chi connectivity index (χ0v) is 68.7. The fraction of sp³-hybridized carbons (Fsp3) is 0. The van der Waals surface area contributed by atoms with Crippen molar-refractivity contribution in [1.82, 2.24) is 0 Å². The number of hydrogen-bond acceptors (Lipinski definition) is 3. The van der Waals surface area contributed by atoms with Crippen LogP contribution < -0.4 is 0 Å². The fourth-order valence-corrected chi connectivity index (χ4v) is 19.2. The Balaban J connectivity index is 0.000000132. The van der Waals surface area contributed by atoms with Gasteiger partial charge in [-0.05, 0) is 279 Å². The number of furan rings is 3. The maximum Gasteiger partial charge on any atom is 0.136 e. The minimum atomic E-state index is -1.15. The van der Waals surface area contributed by atoms with Crippen LogP contribution in [0.5, 0.6) is 0 Å². The molecule has 616 valence electrons. The van der Waals surface area contributed by atoms with Gasteiger partial charge >= 0.3 is 0 Å². The van der Waals surface area contributed by atoms with E-state index >= 15 is 0 Å². The highest BCUT2D eigenvalue weighted by molar-refractivity contribution is 6.31. The Bertz CT molecular complexity index is 12700. The molecule has 29 aromatic rings. The van der Waals surface area contributed by atoms with Crippen LogP contribution in [0.1, 0.15) is 63.1 Å². The van der Waals surface area contributed by atoms with Crippen molar-refractivity contribution in [2.24, 2.45) is 0 Å². The Morgan fingerprint density at radius 2 is 0.504 bits per heavy atom. The van der Waals surface area contributed by atoms with E-state index in [4.69, 9.17) is 44.8 Å². The van der Waals surface area contributed by atoms with E-state index in [0.717, 1.165) is 64.6 Å². The standard InChI is InChI=1S/C50H30O.2C40H24O/c1-2-15-34-30-35(25-24-31(34)12-1)46-38-18-7-9-20-40(38)48(41-21-10-8-19-39(41)46)43-28-26-32-13-3-5-16-36(32)47(43)42-22-11-23-44-50(42)49-37-17-6-4-14-33(37)27-29-45(49)51-44;1-3-13-28-25(10-1)12-9-19-30(28)39-33-17-7-5-15-31(33)38(32-16-6-8-18-34(32)39)27-21-22-36-35(24-27)40-29-14-4-2-11-26(29)20-23-37(40)41-36;1-2-11-27-23-28(18-17-25(27)9-1)38-31-13-5-7-15-33(31)39(34-16-8-6-14-32(34)38)29-20-21-36-35(24-29)40-30-12-4-3-10-26(30)19-22-37(40)41-36/h1-30H;2*1-24H/i1D,2D,3D,4D,5D,6D,7D,8D,9D,10D,11D,12D,13D,14D,15D,16D,17D,18D,19D,20D,21D,22D,23D,24D,25D,26D,27D,28D,29D,30D;5D,6D,7D,8D,15D,16D,17D,18D;5D,6D,7D,8D,13D,14D,15D,16D. The normalized spacial score (nSPS) is 16.8. The van der Waals surface area contributed by atoms with Gasteiger partial charge < -0.3 is 13.3 Å². The van der Waals surface area contributed by atoms with Gasteiger partial charge in [-0.15, -0.1) is 0 Å². The van der Waals surface area contributed by atoms with E-state index in [1.165, 1.54) is 0 Å². The zero-order valence-electron chi connectivity index (χ0n) is 115. The third-order valence-electron chi connectivity index (χ3n) is 24.8. The monoisotopic (exact) mass is 1730 g/mol. The first-order valence-corrected chi connectivity index (χ1v) is 42.1. The lowest BCUT2D eigenvalue weighted by Crippen LogP contribution is -1.94. The van der Waals surface area contributed by atoms with Crippen molar-refractivity contribution in [1.29, 1.82) is 0 Å². The molecular weight excluding hydrogens is 1610 g/mol. The molecule has 0 bridgehead atoms. The second-order valence-electron chi connectivity index (χ2n) is 31.8. The van der Waals surface area contributed by atoms with Gasteiger partial charge in [-0.1, -0.05) is 411 Å². The molecule has 0 spiro atoms. The maximum atomic E-state index is 10.1. The van der Waals surface area contributed by atoms with E-state index in [-0.39, 0.29) is 91.4 Å². The number of benzene rings is 26. The highest BCUT2D eigenvalue weighted by atomic mass is 16.3. The molecule has 0 saturated carbocycles. The van der Waals surface area contributed by atoms with Crippen molar-refractivity contribution < 1.29 is 76.3 Å². The fourth-order valence-electron chi connectivity index (χ4n) is 19.2. The molecule has 0 unspecified atom stereocenters. The Kier molecular flexibility index (Phi) is 9.91. The van der Waals surface area contributed by atoms with E-state index in [9.17, 15) is 31.5 Å². The Morgan fingerprint density at radius 1 is 0.143 bits per heavy atom. The lowest BCUT2D eigenvalue weighted by atomic mass is 9.81. The summed E-state index contributed by atoms with van der Waals surface area (Å²) >= 11 is 0. The van der Waals surface area contributed by atoms with Crippen LogP contribution in [0.3, 0.4) is 0 Å². The minimum absolute atomic E-state index is 0.184. The Morgan fingerprint density at radius 3 is 1.04 bits per heavy atom. The van der Waals surface area contributed by atoms with Crippen LogP contribution in [0, 0.1) is 0 Å². The SMILES string of the molecule is [2H]c1c([2H])c(-c2c(-c3c4c([2H])c([2H])c([2H])c([2H])c4c(-c4c([2H])c([2H])c5c([2H])c([2H])c([2H])c([2H])c5c4[2H])c4c([2H])c([2H])c([2H])c([2H])c34)c([2H])c([2H])c3c([2H])c([2H])c([2H])c([2H])c23)c2c(oc3c([2H])c([2H])c4c([2H])c([2H])c([2H])c([2H])c4c32)c1[2H].[2H]c1c([2H])c([2H])c2c(-c3ccc4oc5ccc6ccccc6c5c4c3)c3c([2H])c([2H])c([2H])c([2H])c3c(-c3ccc4ccccc4c3)c2c1[2H].[2H]c1c([2H])c([2H])c2c(-c3cccc4ccccc34)c3c([2H])c([2H])c([2H])c([2H])c3c(-c3ccc4oc5ccc6ccccc6c5c4c3)c2c1[2H]. The molecule has 3 heterocycles. The van der Waals surface area contributed by atoms with Crippen molar-refractivity contribution in [3.63, 3.8) is 0 Å². The number of rotatable bonds is 7. The minimum Gasteiger partial charge on any atom is -0.456 e. The van der Waals surface area contributed by atoms with Crippen molar-refractivity contribution in [2.75, 3.05) is 0 Å². The van der Waals surface area contributed by atoms with Crippen LogP contribution in [-0.4, -0.2) is 0 Å². The molecule has 3 aromatic heterocycles. The smallest absolute Gasteiger partial charge is 0.136 e. The molecule has 0 amide bonds. The molecule has 29 rings (SSSR count). The molecule has 0 fully saturated rings. The summed E-state index contributed by atoms with van der Waals surface area (Å²) in [6.45, 7) is 0. The van der Waals surface area contributed by atoms with Gasteiger partial charge in [0.1, 0.15) is 33.5 Å². The third kappa shape index (κ3) is 12.1. The van der Waals surface area contributed by atoms with E-state index < -0.39 is 339 Å². The molecule has 26 aromatic carbocycles. The lowest BCUT2D eigenvalue weighted by molar-refractivity contribution is 0.669. The highest BCUT2D eigenvalue weighted by Crippen LogP contribution is 2.54. The summed E-state index contributed by atoms with van der Waals surface area (Å²) in [5, 5.41) is 3.82. The molecular formula is C130H78O3. The predicted molar refractivity (Wildman–Crippen MR) is 567 cm³/mol. The molecule has 3 nitrogen and oxygen atoms in total. The molecule has 0 N–H and O–H groups in total. The molecule has 0 saturated heterocycles. The van der Waals surface area contributed by atoms with Gasteiger partial charge in [-0.25, -0.2) is 0 Å². The van der Waals surface area contributed by atoms with Gasteiger partial charge in [0.2, 0.25) is 0 Å². The van der Waals surface area contributed by atoms with Crippen LogP contribution >= 0.6 is 0 Å². The summed E-state index contributed by atoms with van der Waals surface area (Å²) in [5.41, 5.74) is -0.343. The van der Waals surface area contributed by atoms with Gasteiger partial charge in [0, 0.05) is 32.3 Å². The molecule has 3 heteroatoms. The average Bonchev–Trinajstić information content (AvgIpc) is 1.65. The summed E-state index contributed by atoms with van der Waals surface area (Å²) < 4.78 is 438. The van der Waals surface area contributed by atoms with Crippen molar-refractivity contribution >= 4 is 206 Å². The molecule has 0 aliphatic rings. The maximum absolute atomic E-state index is 10.1. The third-order valence-corrected chi connectivity index (χ3v) is 24.8. The van der Waals surface area contributed by atoms with E-state index in [2.05, 4.69) is 0 Å². The Hall–Kier alpha value is -17.5. The Labute approximate surface area is 829 Å². The number of hydrogen-bond donors (Lipinski definition) is 0. The highest BCUT2D eigenvalue weighted by Gasteiger charge is 2.27. The first-order valence-electron chi connectivity index (χ1n) is 65.1. The first-order chi connectivity index (χ1) is 85.1. The van der Waals surface area contributed by atoms with Crippen molar-refractivity contribution in [2.45, 2.75) is 0 Å². The van der Waals surface area contributed by atoms with E-state index in [1.807, 2.05) is 182 Å². The zero-order chi connectivity index (χ0) is 127. The van der Waals surface area contributed by atoms with Gasteiger partial charge in [-0.2, -0.15) is 0 Å². The van der Waals surface area contributed by atoms with Crippen LogP contribution in [0.25, 0.3) is 284 Å². The summed E-state index contributed by atoms with van der Waals surface area (Å²) in [6, 6.07) is 26.3. The average molecular weight is 1730 g/mol. The van der Waals surface area contributed by atoms with Gasteiger partial charge in [-0.3, -0.25) is 0 Å².